The molecule has 0 aromatic carbocycles. The summed E-state index contributed by atoms with van der Waals surface area (Å²) in [4.78, 5) is 10.2. The van der Waals surface area contributed by atoms with Gasteiger partial charge in [0.05, 0.1) is 0 Å². The normalized spacial score (nSPS) is 15.1. The number of aliphatic carboxylic acids is 1. The van der Waals surface area contributed by atoms with E-state index in [0.717, 1.165) is 6.42 Å². The van der Waals surface area contributed by atoms with Crippen LogP contribution in [0.3, 0.4) is 0 Å². The van der Waals surface area contributed by atoms with Gasteiger partial charge in [-0.25, -0.2) is 0 Å². The van der Waals surface area contributed by atoms with Crippen LogP contribution in [0.1, 0.15) is 20.3 Å². The van der Waals surface area contributed by atoms with E-state index in [1.54, 1.807) is 0 Å². The van der Waals surface area contributed by atoms with Crippen molar-refractivity contribution in [1.29, 1.82) is 0 Å². The molecule has 0 bridgehead atoms. The fourth-order valence-corrected chi connectivity index (χ4v) is 0.497. The zero-order chi connectivity index (χ0) is 7.44. The average Bonchev–Trinajstić information content (AvgIpc) is 1.84. The van der Waals surface area contributed by atoms with Gasteiger partial charge in [-0.15, -0.1) is 0 Å². The molecule has 10 heavy (non-hydrogen) atoms. The van der Waals surface area contributed by atoms with Gasteiger partial charge in [0.25, 0.3) is 0 Å². The second-order valence-electron chi connectivity index (χ2n) is 2.25. The second-order valence-corrected chi connectivity index (χ2v) is 2.25. The van der Waals surface area contributed by atoms with Crippen LogP contribution in [0.2, 0.25) is 0 Å². The van der Waals surface area contributed by atoms with Crippen molar-refractivity contribution in [2.75, 3.05) is 0 Å². The molecule has 0 aliphatic carbocycles. The minimum absolute atomic E-state index is 0. The number of carbonyl (C=O) groups is 1. The van der Waals surface area contributed by atoms with Gasteiger partial charge in [0.15, 0.2) is 0 Å². The van der Waals surface area contributed by atoms with Gasteiger partial charge >= 0.3 is 31.8 Å². The third kappa shape index (κ3) is 4.17. The van der Waals surface area contributed by atoms with Crippen LogP contribution in [-0.2, 0) is 4.79 Å². The van der Waals surface area contributed by atoms with Crippen LogP contribution in [0.15, 0.2) is 0 Å². The van der Waals surface area contributed by atoms with Crippen LogP contribution in [-0.4, -0.2) is 43.0 Å². The summed E-state index contributed by atoms with van der Waals surface area (Å²) in [6, 6.07) is -0.699. The molecule has 0 rings (SSSR count). The van der Waals surface area contributed by atoms with Crippen LogP contribution in [0.25, 0.3) is 0 Å². The van der Waals surface area contributed by atoms with Gasteiger partial charge in [-0.05, 0) is 5.92 Å². The summed E-state index contributed by atoms with van der Waals surface area (Å²) < 4.78 is 0. The van der Waals surface area contributed by atoms with E-state index in [9.17, 15) is 4.79 Å². The summed E-state index contributed by atoms with van der Waals surface area (Å²) in [5.41, 5.74) is 5.27. The van der Waals surface area contributed by atoms with Crippen LogP contribution < -0.4 is 5.73 Å². The van der Waals surface area contributed by atoms with Gasteiger partial charge in [0.2, 0.25) is 0 Å². The van der Waals surface area contributed by atoms with Gasteiger partial charge in [0.1, 0.15) is 6.04 Å². The summed E-state index contributed by atoms with van der Waals surface area (Å²) in [6.07, 6.45) is 0.813. The van der Waals surface area contributed by atoms with Crippen molar-refractivity contribution in [3.05, 3.63) is 0 Å². The first kappa shape index (κ1) is 12.9. The molecule has 0 aromatic heterocycles. The molecule has 3 nitrogen and oxygen atoms in total. The molecule has 0 radical (unpaired) electrons. The van der Waals surface area contributed by atoms with Gasteiger partial charge in [-0.2, -0.15) is 0 Å². The Kier molecular flexibility index (Phi) is 7.81. The Labute approximate surface area is 79.8 Å². The number of rotatable bonds is 3. The van der Waals surface area contributed by atoms with E-state index in [0.29, 0.717) is 0 Å². The first-order valence-electron chi connectivity index (χ1n) is 3.08. The zero-order valence-electron chi connectivity index (χ0n) is 5.79. The Balaban J connectivity index is 0. The molecule has 2 atom stereocenters. The van der Waals surface area contributed by atoms with Crippen molar-refractivity contribution in [1.82, 2.24) is 0 Å². The predicted molar refractivity (Wildman–Crippen MR) is 45.0 cm³/mol. The Morgan fingerprint density at radius 3 is 2.20 bits per heavy atom. The second kappa shape index (κ2) is 6.04. The number of hydrogen-bond acceptors (Lipinski definition) is 2. The summed E-state index contributed by atoms with van der Waals surface area (Å²) in [5.74, 6) is -0.841. The predicted octanol–water partition coefficient (Wildman–Crippen LogP) is -0.740. The fourth-order valence-electron chi connectivity index (χ4n) is 0.497. The topological polar surface area (TPSA) is 63.3 Å². The fraction of sp³-hybridized carbons (Fsp3) is 0.833. The third-order valence-electron chi connectivity index (χ3n) is 1.54. The Morgan fingerprint density at radius 2 is 2.10 bits per heavy atom. The van der Waals surface area contributed by atoms with E-state index >= 15 is 0 Å². The van der Waals surface area contributed by atoms with Crippen molar-refractivity contribution in [2.45, 2.75) is 26.3 Å². The number of carboxylic acid groups (broad SMARTS) is 1. The van der Waals surface area contributed by atoms with Gasteiger partial charge in [-0.3, -0.25) is 4.79 Å². The zero-order valence-corrected chi connectivity index (χ0v) is 5.79. The minimum atomic E-state index is -0.913. The van der Waals surface area contributed by atoms with Crippen molar-refractivity contribution in [2.24, 2.45) is 11.7 Å². The van der Waals surface area contributed by atoms with E-state index in [1.165, 1.54) is 0 Å². The summed E-state index contributed by atoms with van der Waals surface area (Å²) in [6.45, 7) is 3.76. The molecule has 0 unspecified atom stereocenters. The molecule has 0 aliphatic heterocycles. The van der Waals surface area contributed by atoms with Crippen molar-refractivity contribution in [3.63, 3.8) is 0 Å². The van der Waals surface area contributed by atoms with Crippen molar-refractivity contribution in [3.8, 4) is 0 Å². The van der Waals surface area contributed by atoms with Crippen LogP contribution in [0.5, 0.6) is 0 Å². The molecule has 0 saturated heterocycles. The molecule has 0 amide bonds. The van der Waals surface area contributed by atoms with Gasteiger partial charge in [0, 0.05) is 0 Å². The Bertz CT molecular complexity index is 108. The molecule has 60 valence electrons. The molecule has 0 fully saturated rings. The summed E-state index contributed by atoms with van der Waals surface area (Å²) >= 11 is 0. The van der Waals surface area contributed by atoms with E-state index in [2.05, 4.69) is 0 Å². The van der Waals surface area contributed by atoms with E-state index in [4.69, 9.17) is 10.8 Å². The van der Waals surface area contributed by atoms with Crippen LogP contribution >= 0.6 is 0 Å². The van der Waals surface area contributed by atoms with Crippen molar-refractivity contribution < 1.29 is 9.90 Å². The molecule has 4 heteroatoms. The number of hydrogen-bond donors (Lipinski definition) is 2. The maximum atomic E-state index is 10.2. The van der Waals surface area contributed by atoms with Crippen molar-refractivity contribution >= 4 is 31.8 Å². The van der Waals surface area contributed by atoms with E-state index in [1.807, 2.05) is 13.8 Å². The average molecular weight is 249 g/mol. The first-order chi connectivity index (χ1) is 4.09. The molecule has 0 heterocycles. The Morgan fingerprint density at radius 1 is 1.70 bits per heavy atom. The Hall–Kier alpha value is 0.300. The molecule has 0 aromatic rings. The third-order valence-corrected chi connectivity index (χ3v) is 1.54. The molecular formula is C6H16InNO2. The molecule has 0 saturated carbocycles. The quantitative estimate of drug-likeness (QED) is 0.692. The monoisotopic (exact) mass is 249 g/mol. The van der Waals surface area contributed by atoms with Crippen LogP contribution in [0.4, 0.5) is 0 Å². The molecule has 0 aliphatic rings. The number of carboxylic acids is 1. The van der Waals surface area contributed by atoms with E-state index in [-0.39, 0.29) is 31.8 Å². The van der Waals surface area contributed by atoms with E-state index < -0.39 is 12.0 Å². The standard InChI is InChI=1S/C6H13NO2.In.3H/c1-3-4(2)5(7)6(8)9;;;;/h4-5H,3,7H2,1-2H3,(H,8,9);;;;/t4-,5-;;;;/m0..../s1. The SMILES string of the molecule is CC[C@H](C)[C@H](N)C(=O)O.[InH3]. The maximum absolute atomic E-state index is 10.2. The number of nitrogens with two attached hydrogens (primary N) is 1. The molecule has 0 spiro atoms. The first-order valence-corrected chi connectivity index (χ1v) is 3.08. The van der Waals surface area contributed by atoms with Gasteiger partial charge < -0.3 is 10.8 Å². The summed E-state index contributed by atoms with van der Waals surface area (Å²) in [5, 5.41) is 8.36. The summed E-state index contributed by atoms with van der Waals surface area (Å²) in [7, 11) is 0. The van der Waals surface area contributed by atoms with Gasteiger partial charge in [-0.1, -0.05) is 20.3 Å². The van der Waals surface area contributed by atoms with Crippen LogP contribution in [0, 0.1) is 5.92 Å². The molecular weight excluding hydrogens is 233 g/mol. The molecule has 3 N–H and O–H groups in total.